The number of carbonyl (C=O) groups excluding carboxylic acids is 1. The Labute approximate surface area is 143 Å². The van der Waals surface area contributed by atoms with Crippen molar-refractivity contribution in [2.75, 3.05) is 0 Å². The van der Waals surface area contributed by atoms with Gasteiger partial charge in [0.05, 0.1) is 16.8 Å². The monoisotopic (exact) mass is 346 g/mol. The van der Waals surface area contributed by atoms with Crippen LogP contribution in [0.25, 0.3) is 0 Å². The van der Waals surface area contributed by atoms with Crippen molar-refractivity contribution in [3.63, 3.8) is 0 Å². The van der Waals surface area contributed by atoms with Gasteiger partial charge in [0.25, 0.3) is 5.91 Å². The predicted molar refractivity (Wildman–Crippen MR) is 88.7 cm³/mol. The molecule has 23 heavy (non-hydrogen) atoms. The van der Waals surface area contributed by atoms with E-state index in [0.29, 0.717) is 11.3 Å². The van der Waals surface area contributed by atoms with Gasteiger partial charge in [-0.15, -0.1) is 0 Å². The highest BCUT2D eigenvalue weighted by molar-refractivity contribution is 6.41. The molecule has 6 heteroatoms. The van der Waals surface area contributed by atoms with Gasteiger partial charge in [-0.2, -0.15) is 0 Å². The Hall–Kier alpha value is -2.30. The first-order valence-corrected chi connectivity index (χ1v) is 7.61. The third-order valence-corrected chi connectivity index (χ3v) is 3.98. The second kappa shape index (κ2) is 6.86. The molecule has 0 saturated carbocycles. The molecule has 0 bridgehead atoms. The zero-order chi connectivity index (χ0) is 16.2. The van der Waals surface area contributed by atoms with Crippen LogP contribution in [0.2, 0.25) is 10.2 Å². The molecule has 1 aromatic carbocycles. The van der Waals surface area contributed by atoms with E-state index in [1.807, 2.05) is 36.4 Å². The Morgan fingerprint density at radius 2 is 1.91 bits per heavy atom. The number of aromatic nitrogens is 1. The predicted octanol–water partition coefficient (Wildman–Crippen LogP) is 4.50. The molecule has 0 spiro atoms. The molecule has 1 N–H and O–H groups in total. The highest BCUT2D eigenvalue weighted by atomic mass is 35.5. The van der Waals surface area contributed by atoms with Gasteiger partial charge in [0.2, 0.25) is 0 Å². The molecule has 0 aliphatic rings. The molecule has 3 rings (SSSR count). The average molecular weight is 347 g/mol. The summed E-state index contributed by atoms with van der Waals surface area (Å²) in [5, 5.41) is 3.32. The Kier molecular flexibility index (Phi) is 4.65. The first kappa shape index (κ1) is 15.6. The Morgan fingerprint density at radius 3 is 2.57 bits per heavy atom. The molecule has 0 aliphatic heterocycles. The molecule has 0 aliphatic carbocycles. The lowest BCUT2D eigenvalue weighted by Gasteiger charge is -2.17. The Bertz CT molecular complexity index is 805. The fraction of sp³-hybridized carbons (Fsp3) is 0.0588. The van der Waals surface area contributed by atoms with E-state index in [9.17, 15) is 4.79 Å². The summed E-state index contributed by atoms with van der Waals surface area (Å²) in [6.45, 7) is 0. The number of furan rings is 1. The normalized spacial score (nSPS) is 11.9. The van der Waals surface area contributed by atoms with Crippen molar-refractivity contribution in [3.05, 3.63) is 88.1 Å². The van der Waals surface area contributed by atoms with Gasteiger partial charge in [-0.3, -0.25) is 4.79 Å². The fourth-order valence-corrected chi connectivity index (χ4v) is 2.45. The van der Waals surface area contributed by atoms with Crippen LogP contribution in [0.1, 0.15) is 27.7 Å². The minimum atomic E-state index is -0.409. The van der Waals surface area contributed by atoms with Gasteiger partial charge in [0, 0.05) is 6.20 Å². The van der Waals surface area contributed by atoms with Crippen molar-refractivity contribution < 1.29 is 9.21 Å². The van der Waals surface area contributed by atoms with Crippen LogP contribution < -0.4 is 5.32 Å². The van der Waals surface area contributed by atoms with E-state index in [1.165, 1.54) is 12.3 Å². The topological polar surface area (TPSA) is 55.1 Å². The smallest absolute Gasteiger partial charge is 0.253 e. The fourth-order valence-electron chi connectivity index (χ4n) is 2.18. The lowest BCUT2D eigenvalue weighted by Crippen LogP contribution is -2.29. The van der Waals surface area contributed by atoms with Gasteiger partial charge < -0.3 is 9.73 Å². The van der Waals surface area contributed by atoms with E-state index in [0.717, 1.165) is 5.56 Å². The van der Waals surface area contributed by atoms with Crippen LogP contribution >= 0.6 is 23.2 Å². The highest BCUT2D eigenvalue weighted by Crippen LogP contribution is 2.24. The summed E-state index contributed by atoms with van der Waals surface area (Å²) in [6.07, 6.45) is 2.95. The molecule has 116 valence electrons. The summed E-state index contributed by atoms with van der Waals surface area (Å²) in [7, 11) is 0. The molecule has 4 nitrogen and oxygen atoms in total. The first-order chi connectivity index (χ1) is 11.1. The lowest BCUT2D eigenvalue weighted by atomic mass is 10.0. The number of benzene rings is 1. The van der Waals surface area contributed by atoms with Crippen LogP contribution in [0.15, 0.2) is 65.4 Å². The summed E-state index contributed by atoms with van der Waals surface area (Å²) in [6, 6.07) is 14.2. The van der Waals surface area contributed by atoms with Gasteiger partial charge in [-0.1, -0.05) is 53.5 Å². The third-order valence-electron chi connectivity index (χ3n) is 3.29. The summed E-state index contributed by atoms with van der Waals surface area (Å²) < 4.78 is 5.45. The second-order valence-corrected chi connectivity index (χ2v) is 5.59. The zero-order valence-corrected chi connectivity index (χ0v) is 13.4. The van der Waals surface area contributed by atoms with Gasteiger partial charge >= 0.3 is 0 Å². The standard InChI is InChI=1S/C17H12Cl2N2O2/c18-13-9-12(10-20-16(13)19)17(22)21-15(14-7-4-8-23-14)11-5-2-1-3-6-11/h1-10,15H,(H,21,22)/t15-/m0/s1. The summed E-state index contributed by atoms with van der Waals surface area (Å²) in [5.41, 5.74) is 1.23. The largest absolute Gasteiger partial charge is 0.467 e. The number of halogens is 2. The molecule has 2 heterocycles. The lowest BCUT2D eigenvalue weighted by molar-refractivity contribution is 0.0938. The van der Waals surface area contributed by atoms with Crippen molar-refractivity contribution in [1.29, 1.82) is 0 Å². The minimum Gasteiger partial charge on any atom is -0.467 e. The maximum atomic E-state index is 12.5. The molecule has 3 aromatic rings. The van der Waals surface area contributed by atoms with Crippen LogP contribution in [0, 0.1) is 0 Å². The molecule has 2 aromatic heterocycles. The molecule has 1 atom stereocenters. The minimum absolute atomic E-state index is 0.161. The highest BCUT2D eigenvalue weighted by Gasteiger charge is 2.20. The number of nitrogens with one attached hydrogen (secondary N) is 1. The van der Waals surface area contributed by atoms with Crippen LogP contribution in [0.4, 0.5) is 0 Å². The van der Waals surface area contributed by atoms with Crippen molar-refractivity contribution in [3.8, 4) is 0 Å². The summed E-state index contributed by atoms with van der Waals surface area (Å²) >= 11 is 11.7. The van der Waals surface area contributed by atoms with Gasteiger partial charge in [0.15, 0.2) is 0 Å². The van der Waals surface area contributed by atoms with Crippen LogP contribution in [-0.4, -0.2) is 10.9 Å². The number of amides is 1. The molecule has 0 fully saturated rings. The second-order valence-electron chi connectivity index (χ2n) is 4.83. The van der Waals surface area contributed by atoms with Crippen LogP contribution in [0.3, 0.4) is 0 Å². The molecular weight excluding hydrogens is 335 g/mol. The number of hydrogen-bond donors (Lipinski definition) is 1. The zero-order valence-electron chi connectivity index (χ0n) is 11.9. The van der Waals surface area contributed by atoms with E-state index < -0.39 is 6.04 Å². The Balaban J connectivity index is 1.89. The van der Waals surface area contributed by atoms with Crippen molar-refractivity contribution in [2.45, 2.75) is 6.04 Å². The molecule has 0 radical (unpaired) electrons. The van der Waals surface area contributed by atoms with Crippen molar-refractivity contribution in [2.24, 2.45) is 0 Å². The quantitative estimate of drug-likeness (QED) is 0.707. The van der Waals surface area contributed by atoms with E-state index in [1.54, 1.807) is 12.3 Å². The Morgan fingerprint density at radius 1 is 1.13 bits per heavy atom. The van der Waals surface area contributed by atoms with Gasteiger partial charge in [-0.25, -0.2) is 4.98 Å². The van der Waals surface area contributed by atoms with Gasteiger partial charge in [-0.05, 0) is 23.8 Å². The summed E-state index contributed by atoms with van der Waals surface area (Å²) in [4.78, 5) is 16.4. The maximum Gasteiger partial charge on any atom is 0.253 e. The number of nitrogens with zero attached hydrogens (tertiary/aromatic N) is 1. The molecule has 1 amide bonds. The molecule has 0 unspecified atom stereocenters. The van der Waals surface area contributed by atoms with E-state index in [2.05, 4.69) is 10.3 Å². The number of rotatable bonds is 4. The van der Waals surface area contributed by atoms with E-state index >= 15 is 0 Å². The van der Waals surface area contributed by atoms with Crippen LogP contribution in [-0.2, 0) is 0 Å². The average Bonchev–Trinajstić information content (AvgIpc) is 3.10. The molecular formula is C17H12Cl2N2O2. The number of carbonyl (C=O) groups is 1. The number of hydrogen-bond acceptors (Lipinski definition) is 3. The number of pyridine rings is 1. The summed E-state index contributed by atoms with van der Waals surface area (Å²) in [5.74, 6) is 0.318. The SMILES string of the molecule is O=C(N[C@@H](c1ccccc1)c1ccco1)c1cnc(Cl)c(Cl)c1. The molecule has 0 saturated heterocycles. The van der Waals surface area contributed by atoms with E-state index in [4.69, 9.17) is 27.6 Å². The van der Waals surface area contributed by atoms with Gasteiger partial charge in [0.1, 0.15) is 17.0 Å². The first-order valence-electron chi connectivity index (χ1n) is 6.85. The van der Waals surface area contributed by atoms with Crippen molar-refractivity contribution >= 4 is 29.1 Å². The van der Waals surface area contributed by atoms with E-state index in [-0.39, 0.29) is 16.1 Å². The maximum absolute atomic E-state index is 12.5. The van der Waals surface area contributed by atoms with Crippen LogP contribution in [0.5, 0.6) is 0 Å². The third kappa shape index (κ3) is 3.55. The van der Waals surface area contributed by atoms with Crippen molar-refractivity contribution in [1.82, 2.24) is 10.3 Å².